The highest BCUT2D eigenvalue weighted by Crippen LogP contribution is 2.40. The third kappa shape index (κ3) is 3.99. The van der Waals surface area contributed by atoms with Gasteiger partial charge < -0.3 is 10.6 Å². The van der Waals surface area contributed by atoms with E-state index in [0.29, 0.717) is 25.1 Å². The van der Waals surface area contributed by atoms with E-state index in [1.807, 2.05) is 17.0 Å². The van der Waals surface area contributed by atoms with Crippen LogP contribution in [0.15, 0.2) is 48.5 Å². The normalized spacial score (nSPS) is 25.6. The maximum atomic E-state index is 15.1. The minimum absolute atomic E-state index is 0.0260. The molecular formula is C25H26F2N4O3. The Labute approximate surface area is 195 Å². The van der Waals surface area contributed by atoms with E-state index in [2.05, 4.69) is 5.32 Å². The van der Waals surface area contributed by atoms with Gasteiger partial charge in [-0.25, -0.2) is 8.78 Å². The van der Waals surface area contributed by atoms with E-state index in [4.69, 9.17) is 5.73 Å². The van der Waals surface area contributed by atoms with E-state index >= 15 is 8.78 Å². The highest BCUT2D eigenvalue weighted by atomic mass is 19.3. The number of imide groups is 1. The maximum absolute atomic E-state index is 15.1. The van der Waals surface area contributed by atoms with Crippen molar-refractivity contribution in [3.63, 3.8) is 0 Å². The fourth-order valence-electron chi connectivity index (χ4n) is 5.28. The molecule has 5 rings (SSSR count). The number of nitrogens with one attached hydrogen (secondary N) is 1. The van der Waals surface area contributed by atoms with Gasteiger partial charge in [0.05, 0.1) is 5.92 Å². The number of nitrogens with two attached hydrogens (primary N) is 1. The Morgan fingerprint density at radius 3 is 2.56 bits per heavy atom. The van der Waals surface area contributed by atoms with Gasteiger partial charge in [0, 0.05) is 49.8 Å². The van der Waals surface area contributed by atoms with Crippen LogP contribution in [0.1, 0.15) is 39.9 Å². The van der Waals surface area contributed by atoms with Gasteiger partial charge in [0.1, 0.15) is 6.04 Å². The minimum atomic E-state index is -3.03. The first-order valence-corrected chi connectivity index (χ1v) is 11.4. The number of benzene rings is 2. The number of fused-ring (bicyclic) bond motifs is 1. The number of piperidine rings is 1. The molecule has 3 heterocycles. The molecule has 2 fully saturated rings. The molecule has 2 aromatic carbocycles. The first-order chi connectivity index (χ1) is 16.2. The summed E-state index contributed by atoms with van der Waals surface area (Å²) in [5.41, 5.74) is 8.33. The summed E-state index contributed by atoms with van der Waals surface area (Å²) in [6, 6.07) is 11.9. The number of nitrogens with zero attached hydrogens (tertiary/aromatic N) is 2. The van der Waals surface area contributed by atoms with Crippen molar-refractivity contribution in [3.8, 4) is 0 Å². The van der Waals surface area contributed by atoms with Gasteiger partial charge >= 0.3 is 0 Å². The molecule has 0 spiro atoms. The van der Waals surface area contributed by atoms with Crippen LogP contribution in [0.2, 0.25) is 0 Å². The van der Waals surface area contributed by atoms with Crippen molar-refractivity contribution in [1.82, 2.24) is 15.1 Å². The van der Waals surface area contributed by atoms with Gasteiger partial charge in [-0.05, 0) is 23.6 Å². The second kappa shape index (κ2) is 8.56. The number of carbonyl (C=O) groups excluding carboxylic acids is 3. The number of amides is 3. The molecular weight excluding hydrogens is 442 g/mol. The van der Waals surface area contributed by atoms with Gasteiger partial charge in [0.25, 0.3) is 11.8 Å². The smallest absolute Gasteiger partial charge is 0.278 e. The molecule has 178 valence electrons. The second-order valence-corrected chi connectivity index (χ2v) is 9.34. The van der Waals surface area contributed by atoms with Gasteiger partial charge in [-0.15, -0.1) is 0 Å². The van der Waals surface area contributed by atoms with E-state index in [1.165, 1.54) is 17.0 Å². The summed E-state index contributed by atoms with van der Waals surface area (Å²) in [4.78, 5) is 39.9. The summed E-state index contributed by atoms with van der Waals surface area (Å²) in [5, 5.41) is 2.29. The molecule has 0 radical (unpaired) electrons. The molecule has 3 amide bonds. The van der Waals surface area contributed by atoms with Crippen molar-refractivity contribution in [3.05, 3.63) is 70.8 Å². The summed E-state index contributed by atoms with van der Waals surface area (Å²) in [6.45, 7) is 1.24. The van der Waals surface area contributed by atoms with Crippen LogP contribution in [-0.2, 0) is 28.6 Å². The fourth-order valence-corrected chi connectivity index (χ4v) is 5.28. The zero-order valence-electron chi connectivity index (χ0n) is 18.5. The number of hydrogen-bond acceptors (Lipinski definition) is 5. The Hall–Kier alpha value is -3.17. The van der Waals surface area contributed by atoms with Crippen LogP contribution in [0, 0.1) is 5.92 Å². The van der Waals surface area contributed by atoms with Gasteiger partial charge in [-0.1, -0.05) is 42.5 Å². The number of halogens is 2. The number of rotatable bonds is 5. The Morgan fingerprint density at radius 1 is 1.06 bits per heavy atom. The summed E-state index contributed by atoms with van der Waals surface area (Å²) < 4.78 is 30.2. The lowest BCUT2D eigenvalue weighted by molar-refractivity contribution is -0.136. The molecule has 0 aromatic heterocycles. The number of hydrogen-bond donors (Lipinski definition) is 2. The summed E-state index contributed by atoms with van der Waals surface area (Å²) >= 11 is 0. The third-order valence-electron chi connectivity index (χ3n) is 7.06. The Morgan fingerprint density at radius 2 is 1.82 bits per heavy atom. The van der Waals surface area contributed by atoms with Crippen LogP contribution >= 0.6 is 0 Å². The standard InChI is InChI=1S/C25H26F2N4O3/c26-25(27,17-4-2-1-3-5-17)19-13-30(14-20(19)28)11-15-6-7-18-16(10-15)12-31(24(18)34)21-8-9-22(32)29-23(21)33/h1-7,10,19-21H,8-9,11-14,28H2,(H,29,32,33)/t19-,20-,21?/m1/s1. The molecule has 3 aliphatic rings. The summed E-state index contributed by atoms with van der Waals surface area (Å²) in [6.07, 6.45) is 0.506. The van der Waals surface area contributed by atoms with Gasteiger partial charge in [0.15, 0.2) is 0 Å². The molecule has 0 bridgehead atoms. The van der Waals surface area contributed by atoms with E-state index in [0.717, 1.165) is 11.1 Å². The monoisotopic (exact) mass is 468 g/mol. The quantitative estimate of drug-likeness (QED) is 0.655. The van der Waals surface area contributed by atoms with Crippen LogP contribution in [0.4, 0.5) is 8.78 Å². The largest absolute Gasteiger partial charge is 0.326 e. The van der Waals surface area contributed by atoms with Crippen molar-refractivity contribution in [2.45, 2.75) is 43.9 Å². The first kappa shape index (κ1) is 22.6. The molecule has 2 saturated heterocycles. The number of carbonyl (C=O) groups is 3. The average Bonchev–Trinajstić information content (AvgIpc) is 3.34. The van der Waals surface area contributed by atoms with Crippen molar-refractivity contribution in [1.29, 1.82) is 0 Å². The Bertz CT molecular complexity index is 1140. The maximum Gasteiger partial charge on any atom is 0.278 e. The summed E-state index contributed by atoms with van der Waals surface area (Å²) in [5.74, 6) is -5.03. The van der Waals surface area contributed by atoms with Crippen molar-refractivity contribution in [2.24, 2.45) is 11.7 Å². The van der Waals surface area contributed by atoms with Crippen LogP contribution in [0.25, 0.3) is 0 Å². The number of alkyl halides is 2. The lowest BCUT2D eigenvalue weighted by Crippen LogP contribution is -2.52. The molecule has 1 unspecified atom stereocenters. The highest BCUT2D eigenvalue weighted by molar-refractivity contribution is 6.05. The minimum Gasteiger partial charge on any atom is -0.326 e. The predicted molar refractivity (Wildman–Crippen MR) is 120 cm³/mol. The topological polar surface area (TPSA) is 95.7 Å². The molecule has 3 N–H and O–H groups in total. The van der Waals surface area contributed by atoms with Crippen molar-refractivity contribution < 1.29 is 23.2 Å². The van der Waals surface area contributed by atoms with Crippen molar-refractivity contribution >= 4 is 17.7 Å². The van der Waals surface area contributed by atoms with E-state index in [1.54, 1.807) is 24.3 Å². The van der Waals surface area contributed by atoms with E-state index in [9.17, 15) is 14.4 Å². The van der Waals surface area contributed by atoms with Gasteiger partial charge in [-0.2, -0.15) is 0 Å². The van der Waals surface area contributed by atoms with E-state index in [-0.39, 0.29) is 36.9 Å². The SMILES string of the molecule is N[C@@H]1CN(Cc2ccc3c(c2)CN(C2CCC(=O)NC2=O)C3=O)C[C@H]1C(F)(F)c1ccccc1. The van der Waals surface area contributed by atoms with Crippen LogP contribution in [-0.4, -0.2) is 52.7 Å². The van der Waals surface area contributed by atoms with Gasteiger partial charge in [-0.3, -0.25) is 24.6 Å². The van der Waals surface area contributed by atoms with Gasteiger partial charge in [0.2, 0.25) is 11.8 Å². The van der Waals surface area contributed by atoms with Crippen LogP contribution in [0.3, 0.4) is 0 Å². The lowest BCUT2D eigenvalue weighted by atomic mass is 9.91. The molecule has 7 nitrogen and oxygen atoms in total. The zero-order chi connectivity index (χ0) is 24.0. The summed E-state index contributed by atoms with van der Waals surface area (Å²) in [7, 11) is 0. The highest BCUT2D eigenvalue weighted by Gasteiger charge is 2.49. The Balaban J connectivity index is 1.27. The fraction of sp³-hybridized carbons (Fsp3) is 0.400. The third-order valence-corrected chi connectivity index (χ3v) is 7.06. The number of likely N-dealkylation sites (tertiary alicyclic amines) is 1. The van der Waals surface area contributed by atoms with Crippen molar-refractivity contribution in [2.75, 3.05) is 13.1 Å². The molecule has 3 aliphatic heterocycles. The molecule has 9 heteroatoms. The average molecular weight is 469 g/mol. The lowest BCUT2D eigenvalue weighted by Gasteiger charge is -2.29. The first-order valence-electron chi connectivity index (χ1n) is 11.4. The van der Waals surface area contributed by atoms with Crippen LogP contribution < -0.4 is 11.1 Å². The zero-order valence-corrected chi connectivity index (χ0v) is 18.5. The molecule has 34 heavy (non-hydrogen) atoms. The molecule has 3 atom stereocenters. The molecule has 0 saturated carbocycles. The molecule has 2 aromatic rings. The van der Waals surface area contributed by atoms with E-state index < -0.39 is 29.8 Å². The predicted octanol–water partition coefficient (Wildman–Crippen LogP) is 2.00. The van der Waals surface area contributed by atoms with Crippen LogP contribution in [0.5, 0.6) is 0 Å². The molecule has 0 aliphatic carbocycles. The Kier molecular flexibility index (Phi) is 5.69. The second-order valence-electron chi connectivity index (χ2n) is 9.34.